The first-order valence-corrected chi connectivity index (χ1v) is 7.89. The van der Waals surface area contributed by atoms with Crippen LogP contribution in [-0.2, 0) is 6.54 Å². The fraction of sp³-hybridized carbons (Fsp3) is 0.412. The summed E-state index contributed by atoms with van der Waals surface area (Å²) in [6.07, 6.45) is 0.686. The maximum atomic E-state index is 12.9. The van der Waals surface area contributed by atoms with Gasteiger partial charge in [0.05, 0.1) is 18.3 Å². The smallest absolute Gasteiger partial charge is 0.320 e. The van der Waals surface area contributed by atoms with E-state index < -0.39 is 18.2 Å². The third-order valence-electron chi connectivity index (χ3n) is 3.54. The van der Waals surface area contributed by atoms with Crippen molar-refractivity contribution < 1.29 is 14.3 Å². The summed E-state index contributed by atoms with van der Waals surface area (Å²) in [4.78, 5) is 12.1. The molecule has 1 aromatic heterocycles. The van der Waals surface area contributed by atoms with Crippen LogP contribution in [0.2, 0.25) is 0 Å². The van der Waals surface area contributed by atoms with E-state index in [9.17, 15) is 14.3 Å². The molecule has 0 spiro atoms. The number of aliphatic hydroxyl groups excluding tert-OH is 1. The molecule has 2 atom stereocenters. The van der Waals surface area contributed by atoms with Crippen molar-refractivity contribution in [2.24, 2.45) is 5.92 Å². The Morgan fingerprint density at radius 3 is 2.54 bits per heavy atom. The van der Waals surface area contributed by atoms with Gasteiger partial charge in [-0.1, -0.05) is 26.0 Å². The summed E-state index contributed by atoms with van der Waals surface area (Å²) in [6, 6.07) is 6.27. The van der Waals surface area contributed by atoms with Gasteiger partial charge in [0.15, 0.2) is 0 Å². The fourth-order valence-corrected chi connectivity index (χ4v) is 2.32. The van der Waals surface area contributed by atoms with Crippen LogP contribution in [0.3, 0.4) is 0 Å². The number of benzene rings is 1. The molecule has 7 heteroatoms. The molecule has 24 heavy (non-hydrogen) atoms. The van der Waals surface area contributed by atoms with E-state index in [2.05, 4.69) is 29.6 Å². The van der Waals surface area contributed by atoms with Crippen molar-refractivity contribution in [3.8, 4) is 0 Å². The van der Waals surface area contributed by atoms with E-state index in [0.29, 0.717) is 23.8 Å². The Kier molecular flexibility index (Phi) is 5.92. The second-order valence-corrected chi connectivity index (χ2v) is 6.18. The molecule has 0 radical (unpaired) electrons. The number of hydrogen-bond donors (Lipinski definition) is 3. The van der Waals surface area contributed by atoms with E-state index in [-0.39, 0.29) is 5.82 Å². The highest BCUT2D eigenvalue weighted by atomic mass is 19.1. The van der Waals surface area contributed by atoms with Crippen molar-refractivity contribution in [2.75, 3.05) is 5.32 Å². The minimum atomic E-state index is -0.933. The predicted molar refractivity (Wildman–Crippen MR) is 90.0 cm³/mol. The topological polar surface area (TPSA) is 79.2 Å². The number of anilines is 1. The molecule has 0 aliphatic heterocycles. The molecule has 0 saturated carbocycles. The largest absolute Gasteiger partial charge is 0.386 e. The molecule has 130 valence electrons. The van der Waals surface area contributed by atoms with Gasteiger partial charge < -0.3 is 10.4 Å². The molecule has 6 nitrogen and oxygen atoms in total. The van der Waals surface area contributed by atoms with Gasteiger partial charge in [0.1, 0.15) is 11.6 Å². The van der Waals surface area contributed by atoms with Crippen LogP contribution in [0.15, 0.2) is 36.5 Å². The van der Waals surface area contributed by atoms with Gasteiger partial charge in [-0.2, -0.15) is 5.10 Å². The molecule has 1 heterocycles. The Balaban J connectivity index is 1.94. The number of carbonyl (C=O) groups excluding carboxylic acids is 1. The van der Waals surface area contributed by atoms with Gasteiger partial charge in [-0.3, -0.25) is 5.32 Å². The third kappa shape index (κ3) is 4.79. The average Bonchev–Trinajstić information content (AvgIpc) is 2.93. The minimum Gasteiger partial charge on any atom is -0.386 e. The van der Waals surface area contributed by atoms with E-state index in [1.165, 1.54) is 24.3 Å². The number of nitrogens with zero attached hydrogens (tertiary/aromatic N) is 2. The van der Waals surface area contributed by atoms with Gasteiger partial charge in [-0.15, -0.1) is 0 Å². The minimum absolute atomic E-state index is 0.372. The summed E-state index contributed by atoms with van der Waals surface area (Å²) in [7, 11) is 0. The van der Waals surface area contributed by atoms with E-state index in [1.807, 2.05) is 0 Å². The molecular weight excluding hydrogens is 311 g/mol. The second-order valence-electron chi connectivity index (χ2n) is 6.18. The van der Waals surface area contributed by atoms with Crippen LogP contribution in [-0.4, -0.2) is 27.0 Å². The van der Waals surface area contributed by atoms with Crippen molar-refractivity contribution in [1.82, 2.24) is 15.1 Å². The fourth-order valence-electron chi connectivity index (χ4n) is 2.32. The van der Waals surface area contributed by atoms with Crippen molar-refractivity contribution in [1.29, 1.82) is 0 Å². The van der Waals surface area contributed by atoms with E-state index in [4.69, 9.17) is 0 Å². The van der Waals surface area contributed by atoms with Crippen LogP contribution in [0.25, 0.3) is 0 Å². The lowest BCUT2D eigenvalue weighted by Gasteiger charge is -2.21. The standard InChI is InChI=1S/C17H23FN4O2/c1-11(2)10-22-15(8-9-19-22)21-17(24)20-12(3)16(23)13-4-6-14(18)7-5-13/h4-9,11-12,16,23H,10H2,1-3H3,(H2,20,21,24). The maximum Gasteiger partial charge on any atom is 0.320 e. The number of aliphatic hydroxyl groups is 1. The SMILES string of the molecule is CC(C)Cn1nccc1NC(=O)NC(C)C(O)c1ccc(F)cc1. The summed E-state index contributed by atoms with van der Waals surface area (Å²) in [6.45, 7) is 6.49. The van der Waals surface area contributed by atoms with Crippen molar-refractivity contribution >= 4 is 11.8 Å². The summed E-state index contributed by atoms with van der Waals surface area (Å²) in [5.41, 5.74) is 0.536. The number of carbonyl (C=O) groups is 1. The molecule has 0 fully saturated rings. The summed E-state index contributed by atoms with van der Waals surface area (Å²) < 4.78 is 14.6. The van der Waals surface area contributed by atoms with Crippen LogP contribution in [0, 0.1) is 11.7 Å². The van der Waals surface area contributed by atoms with Crippen molar-refractivity contribution in [3.05, 3.63) is 47.9 Å². The Bertz CT molecular complexity index is 669. The van der Waals surface area contributed by atoms with Gasteiger partial charge in [0, 0.05) is 12.6 Å². The Morgan fingerprint density at radius 2 is 1.92 bits per heavy atom. The van der Waals surface area contributed by atoms with Crippen molar-refractivity contribution in [2.45, 2.75) is 39.5 Å². The number of nitrogens with one attached hydrogen (secondary N) is 2. The highest BCUT2D eigenvalue weighted by Crippen LogP contribution is 2.17. The number of rotatable bonds is 6. The molecule has 3 N–H and O–H groups in total. The first kappa shape index (κ1) is 17.9. The van der Waals surface area contributed by atoms with E-state index in [1.54, 1.807) is 23.9 Å². The van der Waals surface area contributed by atoms with E-state index in [0.717, 1.165) is 0 Å². The first-order chi connectivity index (χ1) is 11.4. The first-order valence-electron chi connectivity index (χ1n) is 7.89. The normalized spacial score (nSPS) is 13.6. The molecule has 2 aromatic rings. The lowest BCUT2D eigenvalue weighted by atomic mass is 10.0. The van der Waals surface area contributed by atoms with Gasteiger partial charge in [-0.05, 0) is 30.5 Å². The molecule has 0 saturated heterocycles. The second kappa shape index (κ2) is 7.92. The zero-order chi connectivity index (χ0) is 17.7. The number of hydrogen-bond acceptors (Lipinski definition) is 3. The quantitative estimate of drug-likeness (QED) is 0.760. The molecule has 0 aliphatic rings. The number of urea groups is 1. The monoisotopic (exact) mass is 334 g/mol. The summed E-state index contributed by atoms with van der Waals surface area (Å²) in [5, 5.41) is 19.8. The molecule has 2 rings (SSSR count). The predicted octanol–water partition coefficient (Wildman–Crippen LogP) is 2.92. The number of aromatic nitrogens is 2. The van der Waals surface area contributed by atoms with Gasteiger partial charge in [-0.25, -0.2) is 13.9 Å². The Labute approximate surface area is 140 Å². The molecule has 0 bridgehead atoms. The summed E-state index contributed by atoms with van der Waals surface area (Å²) >= 11 is 0. The molecule has 2 unspecified atom stereocenters. The van der Waals surface area contributed by atoms with Crippen LogP contribution < -0.4 is 10.6 Å². The summed E-state index contributed by atoms with van der Waals surface area (Å²) in [5.74, 6) is 0.611. The zero-order valence-electron chi connectivity index (χ0n) is 14.0. The van der Waals surface area contributed by atoms with Crippen molar-refractivity contribution in [3.63, 3.8) is 0 Å². The van der Waals surface area contributed by atoms with Crippen LogP contribution >= 0.6 is 0 Å². The van der Waals surface area contributed by atoms with Crippen LogP contribution in [0.1, 0.15) is 32.4 Å². The third-order valence-corrected chi connectivity index (χ3v) is 3.54. The highest BCUT2D eigenvalue weighted by molar-refractivity contribution is 5.88. The number of amides is 2. The van der Waals surface area contributed by atoms with Crippen LogP contribution in [0.4, 0.5) is 15.0 Å². The lowest BCUT2D eigenvalue weighted by Crippen LogP contribution is -2.40. The average molecular weight is 334 g/mol. The Hall–Kier alpha value is -2.41. The molecule has 1 aromatic carbocycles. The molecule has 0 aliphatic carbocycles. The number of halogens is 1. The van der Waals surface area contributed by atoms with E-state index >= 15 is 0 Å². The van der Waals surface area contributed by atoms with Crippen LogP contribution in [0.5, 0.6) is 0 Å². The maximum absolute atomic E-state index is 12.9. The molecule has 2 amide bonds. The zero-order valence-corrected chi connectivity index (χ0v) is 14.0. The highest BCUT2D eigenvalue weighted by Gasteiger charge is 2.19. The van der Waals surface area contributed by atoms with Gasteiger partial charge in [0.25, 0.3) is 0 Å². The Morgan fingerprint density at radius 1 is 1.25 bits per heavy atom. The molecular formula is C17H23FN4O2. The van der Waals surface area contributed by atoms with Gasteiger partial charge in [0.2, 0.25) is 0 Å². The lowest BCUT2D eigenvalue weighted by molar-refractivity contribution is 0.139. The van der Waals surface area contributed by atoms with Gasteiger partial charge >= 0.3 is 6.03 Å².